The third-order valence-electron chi connectivity index (χ3n) is 3.84. The molecule has 0 heterocycles. The second-order valence-corrected chi connectivity index (χ2v) is 6.56. The fourth-order valence-electron chi connectivity index (χ4n) is 2.32. The normalized spacial score (nSPS) is 11.7. The minimum atomic E-state index is -0.406. The van der Waals surface area contributed by atoms with Gasteiger partial charge < -0.3 is 19.7 Å². The SMILES string of the molecule is CCCCOCCCN(CC(C)C(=O)OC)C(=O)Nc1ccc(Cl)cc1. The van der Waals surface area contributed by atoms with Crippen molar-refractivity contribution in [2.24, 2.45) is 5.92 Å². The first kappa shape index (κ1) is 22.3. The third-order valence-corrected chi connectivity index (χ3v) is 4.09. The molecule has 6 nitrogen and oxygen atoms in total. The van der Waals surface area contributed by atoms with Gasteiger partial charge in [-0.25, -0.2) is 4.79 Å². The molecular formula is C19H29ClN2O4. The molecule has 1 aromatic rings. The largest absolute Gasteiger partial charge is 0.469 e. The molecule has 2 amide bonds. The lowest BCUT2D eigenvalue weighted by Crippen LogP contribution is -2.40. The van der Waals surface area contributed by atoms with Crippen molar-refractivity contribution in [3.05, 3.63) is 29.3 Å². The highest BCUT2D eigenvalue weighted by Crippen LogP contribution is 2.14. The van der Waals surface area contributed by atoms with Crippen LogP contribution in [0.25, 0.3) is 0 Å². The van der Waals surface area contributed by atoms with Crippen molar-refractivity contribution in [2.45, 2.75) is 33.1 Å². The van der Waals surface area contributed by atoms with Crippen molar-refractivity contribution < 1.29 is 19.1 Å². The van der Waals surface area contributed by atoms with Crippen molar-refractivity contribution in [1.82, 2.24) is 4.90 Å². The summed E-state index contributed by atoms with van der Waals surface area (Å²) < 4.78 is 10.3. The van der Waals surface area contributed by atoms with Crippen LogP contribution >= 0.6 is 11.6 Å². The minimum Gasteiger partial charge on any atom is -0.469 e. The Kier molecular flexibility index (Phi) is 10.7. The lowest BCUT2D eigenvalue weighted by molar-refractivity contribution is -0.145. The summed E-state index contributed by atoms with van der Waals surface area (Å²) in [5.74, 6) is -0.745. The molecule has 0 radical (unpaired) electrons. The van der Waals surface area contributed by atoms with Gasteiger partial charge in [-0.1, -0.05) is 31.9 Å². The molecule has 0 aliphatic carbocycles. The first-order chi connectivity index (χ1) is 12.5. The quantitative estimate of drug-likeness (QED) is 0.459. The van der Waals surface area contributed by atoms with Gasteiger partial charge in [-0.2, -0.15) is 0 Å². The highest BCUT2D eigenvalue weighted by atomic mass is 35.5. The number of carbonyl (C=O) groups is 2. The van der Waals surface area contributed by atoms with E-state index in [0.29, 0.717) is 30.3 Å². The molecule has 0 aromatic heterocycles. The van der Waals surface area contributed by atoms with Gasteiger partial charge in [0.2, 0.25) is 0 Å². The molecule has 1 atom stereocenters. The molecular weight excluding hydrogens is 356 g/mol. The van der Waals surface area contributed by atoms with Crippen molar-refractivity contribution in [3.63, 3.8) is 0 Å². The molecule has 1 N–H and O–H groups in total. The Labute approximate surface area is 160 Å². The first-order valence-electron chi connectivity index (χ1n) is 8.95. The maximum absolute atomic E-state index is 12.6. The van der Waals surface area contributed by atoms with Crippen molar-refractivity contribution in [1.29, 1.82) is 0 Å². The average Bonchev–Trinajstić information content (AvgIpc) is 2.64. The summed E-state index contributed by atoms with van der Waals surface area (Å²) >= 11 is 5.86. The van der Waals surface area contributed by atoms with Gasteiger partial charge in [0.05, 0.1) is 13.0 Å². The van der Waals surface area contributed by atoms with Gasteiger partial charge >= 0.3 is 12.0 Å². The van der Waals surface area contributed by atoms with E-state index >= 15 is 0 Å². The zero-order chi connectivity index (χ0) is 19.4. The van der Waals surface area contributed by atoms with Gasteiger partial charge in [0.1, 0.15) is 0 Å². The highest BCUT2D eigenvalue weighted by Gasteiger charge is 2.21. The van der Waals surface area contributed by atoms with Crippen molar-refractivity contribution in [2.75, 3.05) is 38.7 Å². The number of nitrogens with one attached hydrogen (secondary N) is 1. The number of anilines is 1. The van der Waals surface area contributed by atoms with E-state index in [1.807, 2.05) is 0 Å². The van der Waals surface area contributed by atoms with Crippen LogP contribution in [0.5, 0.6) is 0 Å². The number of methoxy groups -OCH3 is 1. The number of nitrogens with zero attached hydrogens (tertiary/aromatic N) is 1. The minimum absolute atomic E-state index is 0.267. The topological polar surface area (TPSA) is 67.9 Å². The second-order valence-electron chi connectivity index (χ2n) is 6.13. The summed E-state index contributed by atoms with van der Waals surface area (Å²) in [6, 6.07) is 6.61. The number of hydrogen-bond donors (Lipinski definition) is 1. The fourth-order valence-corrected chi connectivity index (χ4v) is 2.45. The Balaban J connectivity index is 2.61. The Morgan fingerprint density at radius 3 is 2.46 bits per heavy atom. The van der Waals surface area contributed by atoms with E-state index in [0.717, 1.165) is 19.4 Å². The van der Waals surface area contributed by atoms with Gasteiger partial charge in [-0.15, -0.1) is 0 Å². The van der Waals surface area contributed by atoms with Gasteiger partial charge in [-0.05, 0) is 37.1 Å². The second kappa shape index (κ2) is 12.5. The van der Waals surface area contributed by atoms with E-state index in [9.17, 15) is 9.59 Å². The molecule has 0 aliphatic rings. The summed E-state index contributed by atoms with van der Waals surface area (Å²) in [5, 5.41) is 3.43. The molecule has 1 rings (SSSR count). The number of benzene rings is 1. The molecule has 0 saturated heterocycles. The summed E-state index contributed by atoms with van der Waals surface area (Å²) in [5.41, 5.74) is 0.648. The molecule has 1 aromatic carbocycles. The molecule has 0 spiro atoms. The summed E-state index contributed by atoms with van der Waals surface area (Å²) in [6.45, 7) is 5.93. The Bertz CT molecular complexity index is 551. The van der Waals surface area contributed by atoms with E-state index < -0.39 is 5.92 Å². The maximum atomic E-state index is 12.6. The summed E-state index contributed by atoms with van der Waals surface area (Å²) in [7, 11) is 1.35. The van der Waals surface area contributed by atoms with E-state index in [4.69, 9.17) is 21.1 Å². The monoisotopic (exact) mass is 384 g/mol. The van der Waals surface area contributed by atoms with E-state index in [2.05, 4.69) is 12.2 Å². The number of amides is 2. The summed E-state index contributed by atoms with van der Waals surface area (Å²) in [4.78, 5) is 25.9. The van der Waals surface area contributed by atoms with E-state index in [1.54, 1.807) is 36.1 Å². The van der Waals surface area contributed by atoms with E-state index in [1.165, 1.54) is 7.11 Å². The zero-order valence-electron chi connectivity index (χ0n) is 15.8. The predicted octanol–water partition coefficient (Wildman–Crippen LogP) is 4.19. The number of urea groups is 1. The Morgan fingerprint density at radius 1 is 1.19 bits per heavy atom. The van der Waals surface area contributed by atoms with Crippen LogP contribution in [0.1, 0.15) is 33.1 Å². The van der Waals surface area contributed by atoms with Gasteiger partial charge in [-0.3, -0.25) is 4.79 Å². The number of hydrogen-bond acceptors (Lipinski definition) is 4. The number of carbonyl (C=O) groups excluding carboxylic acids is 2. The molecule has 0 bridgehead atoms. The number of rotatable bonds is 11. The molecule has 1 unspecified atom stereocenters. The Hall–Kier alpha value is -1.79. The standard InChI is InChI=1S/C19H29ClN2O4/c1-4-5-12-26-13-6-11-22(14-15(2)18(23)25-3)19(24)21-17-9-7-16(20)8-10-17/h7-10,15H,4-6,11-14H2,1-3H3,(H,21,24). The third kappa shape index (κ3) is 8.54. The number of halogens is 1. The number of ether oxygens (including phenoxy) is 2. The number of esters is 1. The maximum Gasteiger partial charge on any atom is 0.321 e. The average molecular weight is 385 g/mol. The molecule has 0 saturated carbocycles. The molecule has 0 aliphatic heterocycles. The van der Waals surface area contributed by atoms with Crippen LogP contribution in [0.2, 0.25) is 5.02 Å². The van der Waals surface area contributed by atoms with Crippen LogP contribution in [0.15, 0.2) is 24.3 Å². The number of unbranched alkanes of at least 4 members (excludes halogenated alkanes) is 1. The fraction of sp³-hybridized carbons (Fsp3) is 0.579. The van der Waals surface area contributed by atoms with Crippen LogP contribution in [0, 0.1) is 5.92 Å². The van der Waals surface area contributed by atoms with Crippen molar-refractivity contribution in [3.8, 4) is 0 Å². The first-order valence-corrected chi connectivity index (χ1v) is 9.32. The van der Waals surface area contributed by atoms with Crippen LogP contribution in [0.3, 0.4) is 0 Å². The summed E-state index contributed by atoms with van der Waals surface area (Å²) in [6.07, 6.45) is 2.82. The van der Waals surface area contributed by atoms with Crippen LogP contribution < -0.4 is 5.32 Å². The van der Waals surface area contributed by atoms with Crippen LogP contribution in [-0.4, -0.2) is 50.3 Å². The molecule has 146 valence electrons. The molecule has 26 heavy (non-hydrogen) atoms. The lowest BCUT2D eigenvalue weighted by atomic mass is 10.1. The smallest absolute Gasteiger partial charge is 0.321 e. The van der Waals surface area contributed by atoms with E-state index in [-0.39, 0.29) is 18.5 Å². The zero-order valence-corrected chi connectivity index (χ0v) is 16.6. The molecule has 7 heteroatoms. The van der Waals surface area contributed by atoms with Gasteiger partial charge in [0.25, 0.3) is 0 Å². The van der Waals surface area contributed by atoms with Crippen LogP contribution in [-0.2, 0) is 14.3 Å². The molecule has 0 fully saturated rings. The van der Waals surface area contributed by atoms with Crippen LogP contribution in [0.4, 0.5) is 10.5 Å². The van der Waals surface area contributed by atoms with Gasteiger partial charge in [0, 0.05) is 37.0 Å². The van der Waals surface area contributed by atoms with Gasteiger partial charge in [0.15, 0.2) is 0 Å². The highest BCUT2D eigenvalue weighted by molar-refractivity contribution is 6.30. The van der Waals surface area contributed by atoms with Crippen molar-refractivity contribution >= 4 is 29.3 Å². The predicted molar refractivity (Wildman–Crippen MR) is 104 cm³/mol. The Morgan fingerprint density at radius 2 is 1.85 bits per heavy atom. The lowest BCUT2D eigenvalue weighted by Gasteiger charge is -2.25.